The molecule has 0 fully saturated rings. The van der Waals surface area contributed by atoms with Gasteiger partial charge in [-0.05, 0) is 12.1 Å². The van der Waals surface area contributed by atoms with E-state index in [1.807, 2.05) is 0 Å². The van der Waals surface area contributed by atoms with Gasteiger partial charge in [0.15, 0.2) is 11.7 Å². The average molecular weight is 399 g/mol. The van der Waals surface area contributed by atoms with E-state index in [-0.39, 0.29) is 5.75 Å². The third-order valence-electron chi connectivity index (χ3n) is 3.02. The van der Waals surface area contributed by atoms with Crippen LogP contribution in [0.3, 0.4) is 0 Å². The molecule has 0 saturated heterocycles. The average Bonchev–Trinajstić information content (AvgIpc) is 3.04. The van der Waals surface area contributed by atoms with Gasteiger partial charge in [0.05, 0.1) is 0 Å². The molecule has 12 heteroatoms. The lowest BCUT2D eigenvalue weighted by molar-refractivity contribution is -0.296. The molecule has 0 aliphatic carbocycles. The van der Waals surface area contributed by atoms with E-state index in [1.165, 1.54) is 35.0 Å². The predicted molar refractivity (Wildman–Crippen MR) is 80.7 cm³/mol. The highest BCUT2D eigenvalue weighted by molar-refractivity contribution is 7.13. The summed E-state index contributed by atoms with van der Waals surface area (Å²) in [7, 11) is 0. The van der Waals surface area contributed by atoms with Crippen LogP contribution in [0.1, 0.15) is 0 Å². The van der Waals surface area contributed by atoms with E-state index in [0.717, 1.165) is 11.5 Å². The molecule has 0 bridgehead atoms. The van der Waals surface area contributed by atoms with Gasteiger partial charge in [0.2, 0.25) is 0 Å². The van der Waals surface area contributed by atoms with Crippen LogP contribution in [-0.4, -0.2) is 35.5 Å². The van der Waals surface area contributed by atoms with Gasteiger partial charge >= 0.3 is 18.0 Å². The van der Waals surface area contributed by atoms with Crippen molar-refractivity contribution in [3.63, 3.8) is 0 Å². The van der Waals surface area contributed by atoms with Gasteiger partial charge in [-0.3, -0.25) is 4.79 Å². The minimum atomic E-state index is -5.90. The second-order valence-corrected chi connectivity index (χ2v) is 5.75. The van der Waals surface area contributed by atoms with Crippen LogP contribution >= 0.6 is 11.3 Å². The predicted octanol–water partition coefficient (Wildman–Crippen LogP) is 3.57. The second-order valence-electron chi connectivity index (χ2n) is 4.86. The van der Waals surface area contributed by atoms with Crippen molar-refractivity contribution in [1.29, 1.82) is 0 Å². The molecule has 0 aliphatic heterocycles. The largest absolute Gasteiger partial charge is 0.484 e. The number of para-hydroxylation sites is 1. The molecule has 1 aromatic carbocycles. The number of nitrogens with zero attached hydrogens (tertiary/aromatic N) is 1. The Balaban J connectivity index is 2.23. The zero-order valence-corrected chi connectivity index (χ0v) is 13.5. The Kier molecular flexibility index (Phi) is 5.64. The molecule has 5 nitrogen and oxygen atoms in total. The molecule has 0 unspecified atom stereocenters. The van der Waals surface area contributed by atoms with Gasteiger partial charge in [0.25, 0.3) is 5.91 Å². The molecule has 2 aromatic rings. The Morgan fingerprint density at radius 3 is 2.19 bits per heavy atom. The summed E-state index contributed by atoms with van der Waals surface area (Å²) in [6, 6.07) is 7.44. The third kappa shape index (κ3) is 4.36. The standard InChI is InChI=1S/C14H11F6N3O2S/c15-13(16,17)12(14(18,19)20,23-11-21-6-7-26-11)22-10(24)8-25-9-4-2-1-3-5-9/h1-7H,8H2,(H,21,23)(H,22,24). The highest BCUT2D eigenvalue weighted by Gasteiger charge is 2.73. The van der Waals surface area contributed by atoms with Crippen LogP contribution in [0.25, 0.3) is 0 Å². The van der Waals surface area contributed by atoms with E-state index in [4.69, 9.17) is 4.74 Å². The van der Waals surface area contributed by atoms with E-state index >= 15 is 0 Å². The Bertz CT molecular complexity index is 705. The summed E-state index contributed by atoms with van der Waals surface area (Å²) in [5.74, 6) is -1.51. The van der Waals surface area contributed by atoms with Crippen molar-refractivity contribution in [2.75, 3.05) is 11.9 Å². The fourth-order valence-corrected chi connectivity index (χ4v) is 2.42. The number of aromatic nitrogens is 1. The van der Waals surface area contributed by atoms with Crippen LogP contribution in [0.15, 0.2) is 41.9 Å². The van der Waals surface area contributed by atoms with Crippen LogP contribution in [0.5, 0.6) is 5.75 Å². The molecule has 2 rings (SSSR count). The maximum absolute atomic E-state index is 13.3. The van der Waals surface area contributed by atoms with E-state index in [2.05, 4.69) is 4.98 Å². The van der Waals surface area contributed by atoms with Gasteiger partial charge in [-0.25, -0.2) is 4.98 Å². The molecule has 0 spiro atoms. The Hall–Kier alpha value is -2.50. The van der Waals surface area contributed by atoms with E-state index in [1.54, 1.807) is 6.07 Å². The van der Waals surface area contributed by atoms with Crippen molar-refractivity contribution < 1.29 is 35.9 Å². The van der Waals surface area contributed by atoms with E-state index in [9.17, 15) is 31.1 Å². The van der Waals surface area contributed by atoms with Crippen LogP contribution in [0.4, 0.5) is 31.5 Å². The zero-order valence-electron chi connectivity index (χ0n) is 12.7. The van der Waals surface area contributed by atoms with Crippen LogP contribution in [0.2, 0.25) is 0 Å². The molecule has 2 N–H and O–H groups in total. The van der Waals surface area contributed by atoms with Crippen molar-refractivity contribution >= 4 is 22.4 Å². The number of carbonyl (C=O) groups is 1. The lowest BCUT2D eigenvalue weighted by Crippen LogP contribution is -2.72. The Morgan fingerprint density at radius 2 is 1.69 bits per heavy atom. The van der Waals surface area contributed by atoms with Crippen molar-refractivity contribution in [1.82, 2.24) is 10.3 Å². The molecule has 142 valence electrons. The monoisotopic (exact) mass is 399 g/mol. The first-order valence-electron chi connectivity index (χ1n) is 6.85. The fourth-order valence-electron chi connectivity index (χ4n) is 1.83. The van der Waals surface area contributed by atoms with Gasteiger partial charge in [0.1, 0.15) is 5.75 Å². The number of halogens is 6. The van der Waals surface area contributed by atoms with Crippen molar-refractivity contribution in [3.8, 4) is 5.75 Å². The third-order valence-corrected chi connectivity index (χ3v) is 3.71. The highest BCUT2D eigenvalue weighted by atomic mass is 32.1. The number of carbonyl (C=O) groups excluding carboxylic acids is 1. The van der Waals surface area contributed by atoms with Gasteiger partial charge in [0, 0.05) is 11.6 Å². The molecule has 26 heavy (non-hydrogen) atoms. The summed E-state index contributed by atoms with van der Waals surface area (Å²) < 4.78 is 84.8. The summed E-state index contributed by atoms with van der Waals surface area (Å²) >= 11 is 0.515. The summed E-state index contributed by atoms with van der Waals surface area (Å²) in [5, 5.41) is 2.73. The minimum Gasteiger partial charge on any atom is -0.484 e. The summed E-state index contributed by atoms with van der Waals surface area (Å²) in [4.78, 5) is 15.1. The van der Waals surface area contributed by atoms with E-state index < -0.39 is 35.7 Å². The quantitative estimate of drug-likeness (QED) is 0.576. The number of nitrogens with one attached hydrogen (secondary N) is 2. The van der Waals surface area contributed by atoms with Crippen LogP contribution in [0, 0.1) is 0 Å². The maximum atomic E-state index is 13.3. The van der Waals surface area contributed by atoms with Crippen molar-refractivity contribution in [2.45, 2.75) is 18.0 Å². The molecule has 1 amide bonds. The Morgan fingerprint density at radius 1 is 1.08 bits per heavy atom. The number of alkyl halides is 6. The smallest absolute Gasteiger partial charge is 0.439 e. The number of hydrogen-bond donors (Lipinski definition) is 2. The minimum absolute atomic E-state index is 0.111. The molecule has 1 heterocycles. The van der Waals surface area contributed by atoms with Gasteiger partial charge in [-0.15, -0.1) is 11.3 Å². The number of thiazole rings is 1. The summed E-state index contributed by atoms with van der Waals surface area (Å²) in [6.07, 6.45) is -10.8. The number of hydrogen-bond acceptors (Lipinski definition) is 5. The molecule has 0 atom stereocenters. The summed E-state index contributed by atoms with van der Waals surface area (Å²) in [5.41, 5.74) is -4.71. The molecule has 0 radical (unpaired) electrons. The number of amides is 1. The van der Waals surface area contributed by atoms with Gasteiger partial charge in [-0.2, -0.15) is 26.3 Å². The molecule has 0 saturated carbocycles. The number of rotatable bonds is 6. The zero-order chi connectivity index (χ0) is 19.4. The number of benzene rings is 1. The first-order valence-corrected chi connectivity index (χ1v) is 7.73. The summed E-state index contributed by atoms with van der Waals surface area (Å²) in [6.45, 7) is -1.04. The van der Waals surface area contributed by atoms with Crippen molar-refractivity contribution in [2.24, 2.45) is 0 Å². The lowest BCUT2D eigenvalue weighted by atomic mass is 10.1. The Labute approximate surface area is 147 Å². The van der Waals surface area contributed by atoms with Gasteiger partial charge < -0.3 is 15.4 Å². The number of ether oxygens (including phenoxy) is 1. The first kappa shape index (κ1) is 19.8. The lowest BCUT2D eigenvalue weighted by Gasteiger charge is -2.38. The maximum Gasteiger partial charge on any atom is 0.439 e. The van der Waals surface area contributed by atoms with Crippen LogP contribution < -0.4 is 15.4 Å². The van der Waals surface area contributed by atoms with Gasteiger partial charge in [-0.1, -0.05) is 18.2 Å². The first-order chi connectivity index (χ1) is 12.1. The number of anilines is 1. The van der Waals surface area contributed by atoms with E-state index in [0.29, 0.717) is 11.3 Å². The molecular weight excluding hydrogens is 388 g/mol. The van der Waals surface area contributed by atoms with Crippen LogP contribution in [-0.2, 0) is 4.79 Å². The molecular formula is C14H11F6N3O2S. The fraction of sp³-hybridized carbons (Fsp3) is 0.286. The second kappa shape index (κ2) is 7.40. The molecule has 0 aliphatic rings. The highest BCUT2D eigenvalue weighted by Crippen LogP contribution is 2.43. The normalized spacial score (nSPS) is 12.5. The topological polar surface area (TPSA) is 63.2 Å². The van der Waals surface area contributed by atoms with Crippen molar-refractivity contribution in [3.05, 3.63) is 41.9 Å². The SMILES string of the molecule is O=C(COc1ccccc1)NC(Nc1nccs1)(C(F)(F)F)C(F)(F)F. The molecule has 1 aromatic heterocycles.